The summed E-state index contributed by atoms with van der Waals surface area (Å²) in [5.41, 5.74) is -1.17. The van der Waals surface area contributed by atoms with Gasteiger partial charge in [-0.05, 0) is 26.0 Å². The minimum absolute atomic E-state index is 0.0600. The molecule has 0 spiro atoms. The van der Waals surface area contributed by atoms with Crippen LogP contribution in [0.4, 0.5) is 4.39 Å². The van der Waals surface area contributed by atoms with Gasteiger partial charge >= 0.3 is 5.97 Å². The van der Waals surface area contributed by atoms with Crippen LogP contribution < -0.4 is 5.32 Å². The molecule has 0 heterocycles. The van der Waals surface area contributed by atoms with Crippen molar-refractivity contribution in [3.63, 3.8) is 0 Å². The minimum atomic E-state index is -1.08. The fourth-order valence-electron chi connectivity index (χ4n) is 1.12. The number of carboxylic acids is 1. The van der Waals surface area contributed by atoms with Crippen molar-refractivity contribution in [2.75, 3.05) is 6.54 Å². The Morgan fingerprint density at radius 3 is 2.47 bits per heavy atom. The predicted molar refractivity (Wildman–Crippen MR) is 60.2 cm³/mol. The first-order valence-corrected chi connectivity index (χ1v) is 5.11. The molecule has 17 heavy (non-hydrogen) atoms. The van der Waals surface area contributed by atoms with E-state index in [0.29, 0.717) is 0 Å². The van der Waals surface area contributed by atoms with Gasteiger partial charge in [-0.25, -0.2) is 4.39 Å². The molecular formula is C12H14FNO3. The molecule has 2 N–H and O–H groups in total. The van der Waals surface area contributed by atoms with Gasteiger partial charge in [-0.15, -0.1) is 0 Å². The highest BCUT2D eigenvalue weighted by molar-refractivity contribution is 5.94. The Labute approximate surface area is 98.5 Å². The Bertz CT molecular complexity index is 443. The van der Waals surface area contributed by atoms with Gasteiger partial charge in [0.15, 0.2) is 0 Å². The number of carboxylic acid groups (broad SMARTS) is 1. The summed E-state index contributed by atoms with van der Waals surface area (Å²) in [6, 6.07) is 5.54. The van der Waals surface area contributed by atoms with E-state index in [-0.39, 0.29) is 12.1 Å². The molecule has 1 amide bonds. The van der Waals surface area contributed by atoms with Gasteiger partial charge in [0.1, 0.15) is 5.82 Å². The highest BCUT2D eigenvalue weighted by Gasteiger charge is 2.27. The summed E-state index contributed by atoms with van der Waals surface area (Å²) in [7, 11) is 0. The molecule has 5 heteroatoms. The van der Waals surface area contributed by atoms with Crippen LogP contribution in [0.1, 0.15) is 24.2 Å². The Balaban J connectivity index is 2.69. The van der Waals surface area contributed by atoms with E-state index in [2.05, 4.69) is 5.32 Å². The molecule has 4 nitrogen and oxygen atoms in total. The maximum Gasteiger partial charge on any atom is 0.310 e. The van der Waals surface area contributed by atoms with Crippen LogP contribution >= 0.6 is 0 Å². The molecule has 0 fully saturated rings. The summed E-state index contributed by atoms with van der Waals surface area (Å²) in [4.78, 5) is 22.4. The first-order chi connectivity index (χ1) is 7.84. The number of carbonyl (C=O) groups excluding carboxylic acids is 1. The lowest BCUT2D eigenvalue weighted by atomic mass is 9.94. The molecule has 92 valence electrons. The molecule has 0 radical (unpaired) electrons. The smallest absolute Gasteiger partial charge is 0.310 e. The fraction of sp³-hybridized carbons (Fsp3) is 0.333. The summed E-state index contributed by atoms with van der Waals surface area (Å²) < 4.78 is 13.2. The monoisotopic (exact) mass is 239 g/mol. The van der Waals surface area contributed by atoms with Crippen molar-refractivity contribution >= 4 is 11.9 Å². The summed E-state index contributed by atoms with van der Waals surface area (Å²) in [5, 5.41) is 11.3. The van der Waals surface area contributed by atoms with Crippen molar-refractivity contribution in [2.24, 2.45) is 5.41 Å². The van der Waals surface area contributed by atoms with E-state index in [0.717, 1.165) is 0 Å². The van der Waals surface area contributed by atoms with Gasteiger partial charge in [0.25, 0.3) is 5.91 Å². The summed E-state index contributed by atoms with van der Waals surface area (Å²) in [6.45, 7) is 2.91. The van der Waals surface area contributed by atoms with Crippen molar-refractivity contribution in [2.45, 2.75) is 13.8 Å². The molecule has 1 aromatic rings. The minimum Gasteiger partial charge on any atom is -0.481 e. The van der Waals surface area contributed by atoms with Crippen LogP contribution in [-0.2, 0) is 4.79 Å². The third kappa shape index (κ3) is 3.27. The van der Waals surface area contributed by atoms with Gasteiger partial charge in [0, 0.05) is 6.54 Å². The number of carbonyl (C=O) groups is 2. The number of aliphatic carboxylic acids is 1. The number of hydrogen-bond donors (Lipinski definition) is 2. The molecule has 1 rings (SSSR count). The van der Waals surface area contributed by atoms with Gasteiger partial charge < -0.3 is 10.4 Å². The molecule has 0 atom stereocenters. The quantitative estimate of drug-likeness (QED) is 0.839. The Hall–Kier alpha value is -1.91. The van der Waals surface area contributed by atoms with E-state index < -0.39 is 23.1 Å². The van der Waals surface area contributed by atoms with Crippen LogP contribution in [0.2, 0.25) is 0 Å². The van der Waals surface area contributed by atoms with Crippen molar-refractivity contribution in [3.05, 3.63) is 35.6 Å². The van der Waals surface area contributed by atoms with Gasteiger partial charge in [-0.2, -0.15) is 0 Å². The number of halogens is 1. The molecule has 1 aromatic carbocycles. The van der Waals surface area contributed by atoms with Crippen LogP contribution in [-0.4, -0.2) is 23.5 Å². The molecule has 0 saturated heterocycles. The second-order valence-electron chi connectivity index (χ2n) is 4.35. The van der Waals surface area contributed by atoms with Crippen LogP contribution in [0.15, 0.2) is 24.3 Å². The average Bonchev–Trinajstić information content (AvgIpc) is 2.26. The van der Waals surface area contributed by atoms with E-state index in [9.17, 15) is 14.0 Å². The van der Waals surface area contributed by atoms with Crippen molar-refractivity contribution < 1.29 is 19.1 Å². The maximum atomic E-state index is 13.2. The zero-order chi connectivity index (χ0) is 13.1. The molecule has 0 aliphatic rings. The topological polar surface area (TPSA) is 66.4 Å². The van der Waals surface area contributed by atoms with E-state index in [1.807, 2.05) is 0 Å². The number of rotatable bonds is 4. The molecule has 0 saturated carbocycles. The lowest BCUT2D eigenvalue weighted by molar-refractivity contribution is -0.146. The average molecular weight is 239 g/mol. The van der Waals surface area contributed by atoms with Crippen LogP contribution in [0, 0.1) is 11.2 Å². The Morgan fingerprint density at radius 1 is 1.35 bits per heavy atom. The highest BCUT2D eigenvalue weighted by Crippen LogP contribution is 2.14. The van der Waals surface area contributed by atoms with Gasteiger partial charge in [0.2, 0.25) is 0 Å². The normalized spacial score (nSPS) is 11.0. The van der Waals surface area contributed by atoms with Gasteiger partial charge in [0.05, 0.1) is 11.0 Å². The van der Waals surface area contributed by atoms with E-state index in [1.54, 1.807) is 6.07 Å². The summed E-state index contributed by atoms with van der Waals surface area (Å²) >= 11 is 0. The van der Waals surface area contributed by atoms with E-state index in [4.69, 9.17) is 5.11 Å². The first kappa shape index (κ1) is 13.2. The highest BCUT2D eigenvalue weighted by atomic mass is 19.1. The fourth-order valence-corrected chi connectivity index (χ4v) is 1.12. The molecule has 0 unspecified atom stereocenters. The largest absolute Gasteiger partial charge is 0.481 e. The van der Waals surface area contributed by atoms with Crippen molar-refractivity contribution in [3.8, 4) is 0 Å². The van der Waals surface area contributed by atoms with Gasteiger partial charge in [-0.3, -0.25) is 9.59 Å². The SMILES string of the molecule is CC(C)(CNC(=O)c1ccccc1F)C(=O)O. The summed E-state index contributed by atoms with van der Waals surface area (Å²) in [6.07, 6.45) is 0. The standard InChI is InChI=1S/C12H14FNO3/c1-12(2,11(16)17)7-14-10(15)8-5-3-4-6-9(8)13/h3-6H,7H2,1-2H3,(H,14,15)(H,16,17). The Morgan fingerprint density at radius 2 is 1.94 bits per heavy atom. The molecule has 0 aromatic heterocycles. The maximum absolute atomic E-state index is 13.2. The van der Waals surface area contributed by atoms with E-state index >= 15 is 0 Å². The van der Waals surface area contributed by atoms with Crippen molar-refractivity contribution in [1.82, 2.24) is 5.32 Å². The number of amides is 1. The third-order valence-corrected chi connectivity index (χ3v) is 2.39. The van der Waals surface area contributed by atoms with Crippen LogP contribution in [0.5, 0.6) is 0 Å². The third-order valence-electron chi connectivity index (χ3n) is 2.39. The molecular weight excluding hydrogens is 225 g/mol. The second kappa shape index (κ2) is 4.95. The second-order valence-corrected chi connectivity index (χ2v) is 4.35. The predicted octanol–water partition coefficient (Wildman–Crippen LogP) is 1.67. The lowest BCUT2D eigenvalue weighted by Crippen LogP contribution is -2.39. The molecule has 0 bridgehead atoms. The number of nitrogens with one attached hydrogen (secondary N) is 1. The zero-order valence-electron chi connectivity index (χ0n) is 9.66. The van der Waals surface area contributed by atoms with Crippen LogP contribution in [0.25, 0.3) is 0 Å². The molecule has 0 aliphatic heterocycles. The lowest BCUT2D eigenvalue weighted by Gasteiger charge is -2.19. The zero-order valence-corrected chi connectivity index (χ0v) is 9.66. The van der Waals surface area contributed by atoms with Gasteiger partial charge in [-0.1, -0.05) is 12.1 Å². The number of hydrogen-bond acceptors (Lipinski definition) is 2. The van der Waals surface area contributed by atoms with Crippen LogP contribution in [0.3, 0.4) is 0 Å². The molecule has 0 aliphatic carbocycles. The number of benzene rings is 1. The van der Waals surface area contributed by atoms with Crippen molar-refractivity contribution in [1.29, 1.82) is 0 Å². The van der Waals surface area contributed by atoms with E-state index in [1.165, 1.54) is 32.0 Å². The summed E-state index contributed by atoms with van der Waals surface area (Å²) in [5.74, 6) is -2.26. The first-order valence-electron chi connectivity index (χ1n) is 5.11. The Kier molecular flexibility index (Phi) is 3.83.